The number of hydrogen-bond donors (Lipinski definition) is 1. The highest BCUT2D eigenvalue weighted by Gasteiger charge is 2.03. The highest BCUT2D eigenvalue weighted by molar-refractivity contribution is 7.80. The molecule has 4 heteroatoms. The summed E-state index contributed by atoms with van der Waals surface area (Å²) < 4.78 is 2.06. The first-order valence-corrected chi connectivity index (χ1v) is 5.52. The van der Waals surface area contributed by atoms with E-state index in [0.717, 1.165) is 18.7 Å². The van der Waals surface area contributed by atoms with Gasteiger partial charge >= 0.3 is 0 Å². The minimum Gasteiger partial charge on any atom is -0.388 e. The molecule has 2 N–H and O–H groups in total. The molecule has 0 saturated carbocycles. The lowest BCUT2D eigenvalue weighted by atomic mass is 10.2. The van der Waals surface area contributed by atoms with Crippen molar-refractivity contribution in [3.05, 3.63) is 54.1 Å². The maximum Gasteiger partial charge on any atom is 0.120 e. The first-order chi connectivity index (χ1) is 7.77. The fourth-order valence-electron chi connectivity index (χ4n) is 1.63. The molecule has 2 heterocycles. The Labute approximate surface area is 99.9 Å². The van der Waals surface area contributed by atoms with E-state index in [2.05, 4.69) is 15.6 Å². The molecule has 2 rings (SSSR count). The van der Waals surface area contributed by atoms with Crippen LogP contribution in [0.4, 0.5) is 0 Å². The van der Waals surface area contributed by atoms with Crippen LogP contribution in [0.1, 0.15) is 11.3 Å². The van der Waals surface area contributed by atoms with Crippen LogP contribution in [0.5, 0.6) is 0 Å². The Morgan fingerprint density at radius 3 is 2.94 bits per heavy atom. The molecule has 0 aromatic carbocycles. The topological polar surface area (TPSA) is 43.8 Å². The predicted octanol–water partition coefficient (Wildman–Crippen LogP) is 1.76. The summed E-state index contributed by atoms with van der Waals surface area (Å²) >= 11 is 4.98. The van der Waals surface area contributed by atoms with Crippen LogP contribution in [-0.4, -0.2) is 14.5 Å². The molecular weight excluding hydrogens is 218 g/mol. The molecule has 0 saturated heterocycles. The number of nitrogens with zero attached hydrogens (tertiary/aromatic N) is 2. The second kappa shape index (κ2) is 4.90. The van der Waals surface area contributed by atoms with Crippen LogP contribution in [0.2, 0.25) is 0 Å². The van der Waals surface area contributed by atoms with Crippen LogP contribution in [0.25, 0.3) is 0 Å². The second-order valence-corrected chi connectivity index (χ2v) is 4.00. The van der Waals surface area contributed by atoms with Crippen molar-refractivity contribution >= 4 is 17.2 Å². The zero-order chi connectivity index (χ0) is 11.4. The molecular formula is C12H13N3S. The Bertz CT molecular complexity index is 476. The van der Waals surface area contributed by atoms with Crippen molar-refractivity contribution in [1.29, 1.82) is 0 Å². The lowest BCUT2D eigenvalue weighted by Crippen LogP contribution is -2.16. The van der Waals surface area contributed by atoms with E-state index in [1.165, 1.54) is 5.56 Å². The molecule has 0 atom stereocenters. The Morgan fingerprint density at radius 1 is 1.38 bits per heavy atom. The first-order valence-electron chi connectivity index (χ1n) is 5.11. The first kappa shape index (κ1) is 10.8. The van der Waals surface area contributed by atoms with Crippen molar-refractivity contribution in [3.8, 4) is 0 Å². The highest BCUT2D eigenvalue weighted by Crippen LogP contribution is 2.05. The average molecular weight is 231 g/mol. The number of pyridine rings is 1. The zero-order valence-electron chi connectivity index (χ0n) is 8.84. The monoisotopic (exact) mass is 231 g/mol. The van der Waals surface area contributed by atoms with Crippen molar-refractivity contribution in [3.63, 3.8) is 0 Å². The summed E-state index contributed by atoms with van der Waals surface area (Å²) in [7, 11) is 0. The van der Waals surface area contributed by atoms with E-state index in [-0.39, 0.29) is 0 Å². The summed E-state index contributed by atoms with van der Waals surface area (Å²) in [6.45, 7) is 0.866. The Kier molecular flexibility index (Phi) is 3.31. The highest BCUT2D eigenvalue weighted by atomic mass is 32.1. The van der Waals surface area contributed by atoms with E-state index in [9.17, 15) is 0 Å². The Balaban J connectivity index is 2.05. The van der Waals surface area contributed by atoms with Crippen molar-refractivity contribution in [2.45, 2.75) is 13.0 Å². The van der Waals surface area contributed by atoms with Gasteiger partial charge in [-0.25, -0.2) is 0 Å². The molecule has 0 radical (unpaired) electrons. The average Bonchev–Trinajstić information content (AvgIpc) is 2.76. The normalized spacial score (nSPS) is 10.2. The lowest BCUT2D eigenvalue weighted by molar-refractivity contribution is 0.695. The largest absolute Gasteiger partial charge is 0.388 e. The maximum absolute atomic E-state index is 5.63. The third-order valence-corrected chi connectivity index (χ3v) is 2.66. The van der Waals surface area contributed by atoms with Gasteiger partial charge in [0.25, 0.3) is 0 Å². The van der Waals surface area contributed by atoms with Crippen LogP contribution < -0.4 is 5.73 Å². The van der Waals surface area contributed by atoms with Gasteiger partial charge in [0.2, 0.25) is 0 Å². The number of hydrogen-bond acceptors (Lipinski definition) is 2. The number of thiocarbonyl (C=S) groups is 1. The van der Waals surface area contributed by atoms with Crippen LogP contribution in [-0.2, 0) is 13.0 Å². The zero-order valence-corrected chi connectivity index (χ0v) is 9.65. The summed E-state index contributed by atoms with van der Waals surface area (Å²) in [6, 6.07) is 7.90. The van der Waals surface area contributed by atoms with Crippen LogP contribution in [0.15, 0.2) is 42.9 Å². The van der Waals surface area contributed by atoms with Gasteiger partial charge in [-0.1, -0.05) is 18.3 Å². The van der Waals surface area contributed by atoms with Crippen LogP contribution in [0.3, 0.4) is 0 Å². The summed E-state index contributed by atoms with van der Waals surface area (Å²) in [6.07, 6.45) is 6.58. The van der Waals surface area contributed by atoms with Gasteiger partial charge in [0.1, 0.15) is 4.99 Å². The Hall–Kier alpha value is -1.68. The summed E-state index contributed by atoms with van der Waals surface area (Å²) in [4.78, 5) is 4.52. The summed E-state index contributed by atoms with van der Waals surface area (Å²) in [5, 5.41) is 0. The van der Waals surface area contributed by atoms with E-state index < -0.39 is 0 Å². The quantitative estimate of drug-likeness (QED) is 0.815. The second-order valence-electron chi connectivity index (χ2n) is 3.56. The SMILES string of the molecule is NC(=S)c1cccn1CCc1cccnc1. The molecule has 0 aliphatic rings. The smallest absolute Gasteiger partial charge is 0.120 e. The molecule has 3 nitrogen and oxygen atoms in total. The number of aryl methyl sites for hydroxylation is 2. The van der Waals surface area contributed by atoms with Crippen molar-refractivity contribution in [1.82, 2.24) is 9.55 Å². The molecule has 82 valence electrons. The van der Waals surface area contributed by atoms with Gasteiger partial charge in [-0.05, 0) is 30.2 Å². The molecule has 2 aromatic heterocycles. The molecule has 0 bridgehead atoms. The summed E-state index contributed by atoms with van der Waals surface area (Å²) in [5.74, 6) is 0. The third kappa shape index (κ3) is 2.46. The van der Waals surface area contributed by atoms with Crippen LogP contribution >= 0.6 is 12.2 Å². The fraction of sp³-hybridized carbons (Fsp3) is 0.167. The van der Waals surface area contributed by atoms with Crippen molar-refractivity contribution in [2.75, 3.05) is 0 Å². The summed E-state index contributed by atoms with van der Waals surface area (Å²) in [5.41, 5.74) is 7.75. The number of nitrogens with two attached hydrogens (primary N) is 1. The van der Waals surface area contributed by atoms with Gasteiger partial charge in [-0.3, -0.25) is 4.98 Å². The predicted molar refractivity (Wildman–Crippen MR) is 68.3 cm³/mol. The van der Waals surface area contributed by atoms with E-state index in [1.54, 1.807) is 6.20 Å². The molecule has 0 aliphatic carbocycles. The van der Waals surface area contributed by atoms with E-state index in [4.69, 9.17) is 18.0 Å². The lowest BCUT2D eigenvalue weighted by Gasteiger charge is -2.07. The van der Waals surface area contributed by atoms with E-state index >= 15 is 0 Å². The minimum atomic E-state index is 0.441. The molecule has 0 spiro atoms. The van der Waals surface area contributed by atoms with Gasteiger partial charge in [-0.2, -0.15) is 0 Å². The van der Waals surface area contributed by atoms with Crippen molar-refractivity contribution < 1.29 is 0 Å². The molecule has 0 amide bonds. The van der Waals surface area contributed by atoms with E-state index in [0.29, 0.717) is 4.99 Å². The molecule has 16 heavy (non-hydrogen) atoms. The van der Waals surface area contributed by atoms with E-state index in [1.807, 2.05) is 30.6 Å². The maximum atomic E-state index is 5.63. The minimum absolute atomic E-state index is 0.441. The molecule has 0 aliphatic heterocycles. The molecule has 2 aromatic rings. The number of aromatic nitrogens is 2. The van der Waals surface area contributed by atoms with Gasteiger partial charge in [0, 0.05) is 25.1 Å². The molecule has 0 fully saturated rings. The standard InChI is InChI=1S/C12H13N3S/c13-12(16)11-4-2-7-15(11)8-5-10-3-1-6-14-9-10/h1-4,6-7,9H,5,8H2,(H2,13,16). The van der Waals surface area contributed by atoms with Gasteiger partial charge in [-0.15, -0.1) is 0 Å². The van der Waals surface area contributed by atoms with Crippen molar-refractivity contribution in [2.24, 2.45) is 5.73 Å². The number of rotatable bonds is 4. The van der Waals surface area contributed by atoms with Crippen LogP contribution in [0, 0.1) is 0 Å². The van der Waals surface area contributed by atoms with Gasteiger partial charge in [0.05, 0.1) is 5.69 Å². The Morgan fingerprint density at radius 2 is 2.25 bits per heavy atom. The third-order valence-electron chi connectivity index (χ3n) is 2.45. The van der Waals surface area contributed by atoms with Gasteiger partial charge < -0.3 is 10.3 Å². The fourth-order valence-corrected chi connectivity index (χ4v) is 1.81. The van der Waals surface area contributed by atoms with Gasteiger partial charge in [0.15, 0.2) is 0 Å². The molecule has 0 unspecified atom stereocenters.